The largest absolute Gasteiger partial charge is 0.322 e. The third-order valence-electron chi connectivity index (χ3n) is 6.39. The van der Waals surface area contributed by atoms with Crippen LogP contribution in [0.3, 0.4) is 0 Å². The number of fused-ring (bicyclic) bond motifs is 1. The number of tetrazole rings is 1. The molecule has 0 fully saturated rings. The standard InChI is InChI=1S/C28H27FN6O/c1-2-20-10-13-26-23(14-20)15-24(28(36)30-26)18-34(16-22-8-11-25(29)12-9-22)19-27-31-32-33-35(27)17-21-6-4-3-5-7-21/h3-15H,2,16-19H2,1H3,(H,30,36)/p+1. The normalized spacial score (nSPS) is 12.2. The Morgan fingerprint density at radius 1 is 0.889 bits per heavy atom. The lowest BCUT2D eigenvalue weighted by Gasteiger charge is -2.19. The van der Waals surface area contributed by atoms with Gasteiger partial charge in [-0.15, -0.1) is 5.10 Å². The van der Waals surface area contributed by atoms with Gasteiger partial charge in [-0.1, -0.05) is 55.5 Å². The zero-order valence-electron chi connectivity index (χ0n) is 20.1. The van der Waals surface area contributed by atoms with Gasteiger partial charge in [0.15, 0.2) is 0 Å². The monoisotopic (exact) mass is 483 g/mol. The van der Waals surface area contributed by atoms with Crippen LogP contribution < -0.4 is 10.5 Å². The third-order valence-corrected chi connectivity index (χ3v) is 6.39. The Bertz CT molecular complexity index is 1510. The SMILES string of the molecule is CCc1ccc2[nH]c(=O)c(C[NH+](Cc3ccc(F)cc3)Cc3nnnn3Cc3ccccc3)cc2c1. The number of aromatic amines is 1. The number of rotatable bonds is 9. The molecule has 0 radical (unpaired) electrons. The first-order valence-corrected chi connectivity index (χ1v) is 12.1. The molecule has 0 bridgehead atoms. The Labute approximate surface area is 208 Å². The van der Waals surface area contributed by atoms with E-state index in [0.29, 0.717) is 31.7 Å². The minimum Gasteiger partial charge on any atom is -0.322 e. The van der Waals surface area contributed by atoms with Crippen LogP contribution in [0.25, 0.3) is 10.9 Å². The third kappa shape index (κ3) is 5.55. The lowest BCUT2D eigenvalue weighted by Crippen LogP contribution is -3.08. The van der Waals surface area contributed by atoms with Gasteiger partial charge in [0, 0.05) is 11.1 Å². The molecule has 0 aliphatic rings. The van der Waals surface area contributed by atoms with Crippen molar-refractivity contribution in [1.82, 2.24) is 25.2 Å². The van der Waals surface area contributed by atoms with E-state index in [1.165, 1.54) is 17.7 Å². The van der Waals surface area contributed by atoms with Crippen LogP contribution in [0.1, 0.15) is 35.0 Å². The summed E-state index contributed by atoms with van der Waals surface area (Å²) in [5, 5.41) is 13.4. The molecule has 182 valence electrons. The fourth-order valence-electron chi connectivity index (χ4n) is 4.45. The van der Waals surface area contributed by atoms with Gasteiger partial charge >= 0.3 is 0 Å². The molecular formula is C28H28FN6O+. The van der Waals surface area contributed by atoms with Crippen molar-refractivity contribution < 1.29 is 9.29 Å². The average Bonchev–Trinajstić information content (AvgIpc) is 3.32. The van der Waals surface area contributed by atoms with E-state index in [2.05, 4.69) is 33.5 Å². The van der Waals surface area contributed by atoms with Gasteiger partial charge in [-0.2, -0.15) is 0 Å². The molecule has 2 N–H and O–H groups in total. The lowest BCUT2D eigenvalue weighted by molar-refractivity contribution is -0.941. The molecule has 1 atom stereocenters. The number of halogens is 1. The van der Waals surface area contributed by atoms with Crippen molar-refractivity contribution >= 4 is 10.9 Å². The van der Waals surface area contributed by atoms with Gasteiger partial charge in [-0.3, -0.25) is 4.79 Å². The molecule has 8 heteroatoms. The highest BCUT2D eigenvalue weighted by Crippen LogP contribution is 2.14. The molecule has 0 aliphatic heterocycles. The number of benzene rings is 3. The van der Waals surface area contributed by atoms with Crippen LogP contribution in [0.15, 0.2) is 83.7 Å². The number of aryl methyl sites for hydroxylation is 1. The molecule has 0 saturated carbocycles. The van der Waals surface area contributed by atoms with Gasteiger partial charge in [-0.05, 0) is 63.7 Å². The summed E-state index contributed by atoms with van der Waals surface area (Å²) in [6, 6.07) is 24.6. The number of nitrogens with one attached hydrogen (secondary N) is 2. The Morgan fingerprint density at radius 3 is 2.44 bits per heavy atom. The summed E-state index contributed by atoms with van der Waals surface area (Å²) in [6.07, 6.45) is 0.927. The summed E-state index contributed by atoms with van der Waals surface area (Å²) in [4.78, 5) is 17.1. The Kier molecular flexibility index (Phi) is 6.95. The van der Waals surface area contributed by atoms with Crippen LogP contribution in [0, 0.1) is 5.82 Å². The van der Waals surface area contributed by atoms with Crippen LogP contribution >= 0.6 is 0 Å². The van der Waals surface area contributed by atoms with Crippen molar-refractivity contribution in [3.05, 3.63) is 123 Å². The molecule has 1 unspecified atom stereocenters. The first-order chi connectivity index (χ1) is 17.6. The van der Waals surface area contributed by atoms with E-state index in [-0.39, 0.29) is 11.4 Å². The van der Waals surface area contributed by atoms with Crippen molar-refractivity contribution in [2.24, 2.45) is 0 Å². The van der Waals surface area contributed by atoms with Crippen LogP contribution in [-0.4, -0.2) is 25.2 Å². The number of pyridine rings is 1. The average molecular weight is 484 g/mol. The minimum absolute atomic E-state index is 0.104. The summed E-state index contributed by atoms with van der Waals surface area (Å²) < 4.78 is 15.3. The van der Waals surface area contributed by atoms with Gasteiger partial charge in [0.1, 0.15) is 25.5 Å². The highest BCUT2D eigenvalue weighted by Gasteiger charge is 2.19. The van der Waals surface area contributed by atoms with E-state index < -0.39 is 0 Å². The molecule has 36 heavy (non-hydrogen) atoms. The quantitative estimate of drug-likeness (QED) is 0.338. The molecule has 2 aromatic heterocycles. The van der Waals surface area contributed by atoms with Gasteiger partial charge < -0.3 is 9.88 Å². The van der Waals surface area contributed by atoms with E-state index in [1.54, 1.807) is 16.8 Å². The molecule has 0 amide bonds. The Hall–Kier alpha value is -4.17. The van der Waals surface area contributed by atoms with Crippen LogP contribution in [0.4, 0.5) is 4.39 Å². The highest BCUT2D eigenvalue weighted by atomic mass is 19.1. The minimum atomic E-state index is -0.273. The molecule has 5 aromatic rings. The Balaban J connectivity index is 1.45. The predicted molar refractivity (Wildman–Crippen MR) is 136 cm³/mol. The molecule has 3 aromatic carbocycles. The van der Waals surface area contributed by atoms with Crippen molar-refractivity contribution in [1.29, 1.82) is 0 Å². The second-order valence-electron chi connectivity index (χ2n) is 9.04. The number of hydrogen-bond donors (Lipinski definition) is 2. The van der Waals surface area contributed by atoms with Crippen LogP contribution in [-0.2, 0) is 32.6 Å². The predicted octanol–water partition coefficient (Wildman–Crippen LogP) is 3.05. The zero-order valence-corrected chi connectivity index (χ0v) is 20.1. The molecule has 7 nitrogen and oxygen atoms in total. The van der Waals surface area contributed by atoms with Crippen molar-refractivity contribution in [3.63, 3.8) is 0 Å². The zero-order chi connectivity index (χ0) is 24.9. The van der Waals surface area contributed by atoms with E-state index >= 15 is 0 Å². The van der Waals surface area contributed by atoms with Crippen LogP contribution in [0.5, 0.6) is 0 Å². The number of nitrogens with zero attached hydrogens (tertiary/aromatic N) is 4. The number of H-pyrrole nitrogens is 1. The summed E-state index contributed by atoms with van der Waals surface area (Å²) >= 11 is 0. The highest BCUT2D eigenvalue weighted by molar-refractivity contribution is 5.79. The fraction of sp³-hybridized carbons (Fsp3) is 0.214. The molecule has 0 aliphatic carbocycles. The summed E-state index contributed by atoms with van der Waals surface area (Å²) in [6.45, 7) is 4.23. The van der Waals surface area contributed by atoms with Crippen molar-refractivity contribution in [3.8, 4) is 0 Å². The summed E-state index contributed by atoms with van der Waals surface area (Å²) in [5.74, 6) is 0.450. The van der Waals surface area contributed by atoms with Crippen LogP contribution in [0.2, 0.25) is 0 Å². The summed E-state index contributed by atoms with van der Waals surface area (Å²) in [7, 11) is 0. The second kappa shape index (κ2) is 10.6. The summed E-state index contributed by atoms with van der Waals surface area (Å²) in [5.41, 5.74) is 4.70. The maximum atomic E-state index is 13.5. The number of aromatic nitrogens is 5. The first-order valence-electron chi connectivity index (χ1n) is 12.1. The topological polar surface area (TPSA) is 80.9 Å². The van der Waals surface area contributed by atoms with E-state index in [9.17, 15) is 9.18 Å². The van der Waals surface area contributed by atoms with E-state index in [1.807, 2.05) is 48.5 Å². The molecular weight excluding hydrogens is 455 g/mol. The molecule has 5 rings (SSSR count). The van der Waals surface area contributed by atoms with Crippen molar-refractivity contribution in [2.75, 3.05) is 0 Å². The van der Waals surface area contributed by atoms with Gasteiger partial charge in [0.25, 0.3) is 5.56 Å². The van der Waals surface area contributed by atoms with Crippen molar-refractivity contribution in [2.45, 2.75) is 39.5 Å². The van der Waals surface area contributed by atoms with E-state index in [4.69, 9.17) is 0 Å². The molecule has 0 saturated heterocycles. The Morgan fingerprint density at radius 2 is 1.67 bits per heavy atom. The maximum absolute atomic E-state index is 13.5. The van der Waals surface area contributed by atoms with Gasteiger partial charge in [0.05, 0.1) is 12.1 Å². The lowest BCUT2D eigenvalue weighted by atomic mass is 10.1. The molecule has 0 spiro atoms. The number of quaternary nitrogens is 1. The number of hydrogen-bond acceptors (Lipinski definition) is 4. The first kappa shape index (κ1) is 23.6. The maximum Gasteiger partial charge on any atom is 0.257 e. The van der Waals surface area contributed by atoms with Gasteiger partial charge in [0.2, 0.25) is 5.82 Å². The van der Waals surface area contributed by atoms with Gasteiger partial charge in [-0.25, -0.2) is 9.07 Å². The fourth-order valence-corrected chi connectivity index (χ4v) is 4.45. The second-order valence-corrected chi connectivity index (χ2v) is 9.04. The smallest absolute Gasteiger partial charge is 0.257 e. The molecule has 2 heterocycles. The van der Waals surface area contributed by atoms with E-state index in [0.717, 1.165) is 39.2 Å².